The molecule has 0 bridgehead atoms. The normalized spacial score (nSPS) is 6.93. The lowest BCUT2D eigenvalue weighted by Crippen LogP contribution is -1.69. The van der Waals surface area contributed by atoms with Gasteiger partial charge in [-0.05, 0) is 30.8 Å². The van der Waals surface area contributed by atoms with E-state index in [0.717, 1.165) is 11.3 Å². The van der Waals surface area contributed by atoms with Crippen molar-refractivity contribution in [3.05, 3.63) is 29.8 Å². The molecule has 2 heteroatoms. The van der Waals surface area contributed by atoms with Crippen molar-refractivity contribution in [2.24, 2.45) is 4.99 Å². The highest BCUT2D eigenvalue weighted by Crippen LogP contribution is 2.15. The van der Waals surface area contributed by atoms with E-state index in [9.17, 15) is 0 Å². The molecule has 0 radical (unpaired) electrons. The first-order valence-electron chi connectivity index (χ1n) is 4.98. The zero-order valence-corrected chi connectivity index (χ0v) is 10.5. The van der Waals surface area contributed by atoms with Gasteiger partial charge >= 0.3 is 0 Å². The highest BCUT2D eigenvalue weighted by molar-refractivity contribution is 7.78. The molecule has 0 aliphatic rings. The number of para-hydroxylation sites is 1. The molecule has 0 fully saturated rings. The third kappa shape index (κ3) is 6.53. The Bertz CT molecular complexity index is 275. The first kappa shape index (κ1) is 15.5. The Kier molecular flexibility index (Phi) is 13.3. The van der Waals surface area contributed by atoms with Crippen molar-refractivity contribution in [3.63, 3.8) is 0 Å². The summed E-state index contributed by atoms with van der Waals surface area (Å²) in [7, 11) is 0. The van der Waals surface area contributed by atoms with Crippen molar-refractivity contribution in [2.75, 3.05) is 0 Å². The van der Waals surface area contributed by atoms with E-state index in [2.05, 4.69) is 22.4 Å². The van der Waals surface area contributed by atoms with Crippen LogP contribution in [0.2, 0.25) is 0 Å². The zero-order chi connectivity index (χ0) is 11.4. The van der Waals surface area contributed by atoms with Gasteiger partial charge in [0.1, 0.15) is 0 Å². The predicted molar refractivity (Wildman–Crippen MR) is 68.6 cm³/mol. The van der Waals surface area contributed by atoms with Crippen LogP contribution in [0.4, 0.5) is 5.69 Å². The maximum atomic E-state index is 4.48. The molecule has 0 spiro atoms. The summed E-state index contributed by atoms with van der Waals surface area (Å²) >= 11 is 4.48. The molecular weight excluding hydrogens is 190 g/mol. The van der Waals surface area contributed by atoms with E-state index in [4.69, 9.17) is 0 Å². The van der Waals surface area contributed by atoms with Gasteiger partial charge in [0.25, 0.3) is 0 Å². The van der Waals surface area contributed by atoms with Crippen molar-refractivity contribution in [2.45, 2.75) is 34.6 Å². The summed E-state index contributed by atoms with van der Waals surface area (Å²) in [6.45, 7) is 9.99. The van der Waals surface area contributed by atoms with E-state index >= 15 is 0 Å². The quantitative estimate of drug-likeness (QED) is 0.479. The van der Waals surface area contributed by atoms with Crippen LogP contribution in [-0.2, 0) is 0 Å². The molecule has 0 atom stereocenters. The number of isothiocyanates is 1. The van der Waals surface area contributed by atoms with Gasteiger partial charge in [-0.2, -0.15) is 4.99 Å². The SMILES string of the molecule is CC.CC.Cc1ccccc1N=C=S. The summed E-state index contributed by atoms with van der Waals surface area (Å²) in [4.78, 5) is 3.87. The first-order chi connectivity index (χ1) is 6.84. The van der Waals surface area contributed by atoms with Gasteiger partial charge in [0.05, 0.1) is 10.8 Å². The highest BCUT2D eigenvalue weighted by Gasteiger charge is 1.89. The second-order valence-electron chi connectivity index (χ2n) is 1.99. The van der Waals surface area contributed by atoms with Gasteiger partial charge in [-0.25, -0.2) is 0 Å². The minimum atomic E-state index is 0.900. The lowest BCUT2D eigenvalue weighted by Gasteiger charge is -1.93. The third-order valence-electron chi connectivity index (χ3n) is 1.28. The van der Waals surface area contributed by atoms with Crippen molar-refractivity contribution in [1.82, 2.24) is 0 Å². The summed E-state index contributed by atoms with van der Waals surface area (Å²) < 4.78 is 0. The van der Waals surface area contributed by atoms with Crippen molar-refractivity contribution >= 4 is 23.1 Å². The summed E-state index contributed by atoms with van der Waals surface area (Å²) in [5.41, 5.74) is 2.03. The molecule has 1 aromatic rings. The molecule has 0 aliphatic heterocycles. The minimum Gasteiger partial charge on any atom is -0.194 e. The van der Waals surface area contributed by atoms with Crippen LogP contribution in [-0.4, -0.2) is 5.16 Å². The lowest BCUT2D eigenvalue weighted by molar-refractivity contribution is 1.41. The lowest BCUT2D eigenvalue weighted by atomic mass is 10.2. The zero-order valence-electron chi connectivity index (χ0n) is 9.66. The molecule has 1 nitrogen and oxygen atoms in total. The van der Waals surface area contributed by atoms with Gasteiger partial charge in [-0.1, -0.05) is 45.9 Å². The van der Waals surface area contributed by atoms with Crippen LogP contribution >= 0.6 is 12.2 Å². The van der Waals surface area contributed by atoms with Gasteiger partial charge in [0, 0.05) is 0 Å². The minimum absolute atomic E-state index is 0.900. The summed E-state index contributed by atoms with van der Waals surface area (Å²) in [5.74, 6) is 0. The first-order valence-corrected chi connectivity index (χ1v) is 5.39. The van der Waals surface area contributed by atoms with Gasteiger partial charge in [0.2, 0.25) is 0 Å². The average Bonchev–Trinajstić information content (AvgIpc) is 2.28. The molecule has 1 rings (SSSR count). The molecule has 78 valence electrons. The summed E-state index contributed by atoms with van der Waals surface area (Å²) in [6.07, 6.45) is 0. The Morgan fingerprint density at radius 3 is 2.00 bits per heavy atom. The third-order valence-corrected chi connectivity index (χ3v) is 1.37. The second kappa shape index (κ2) is 12.0. The van der Waals surface area contributed by atoms with Crippen molar-refractivity contribution in [3.8, 4) is 0 Å². The van der Waals surface area contributed by atoms with Crippen LogP contribution in [0.3, 0.4) is 0 Å². The molecule has 0 saturated carbocycles. The number of benzene rings is 1. The fourth-order valence-electron chi connectivity index (χ4n) is 0.738. The Labute approximate surface area is 92.9 Å². The molecule has 14 heavy (non-hydrogen) atoms. The number of nitrogens with zero attached hydrogens (tertiary/aromatic N) is 1. The molecule has 0 heterocycles. The topological polar surface area (TPSA) is 12.4 Å². The Hall–Kier alpha value is -0.980. The number of aryl methyl sites for hydroxylation is 1. The van der Waals surface area contributed by atoms with E-state index in [1.165, 1.54) is 0 Å². The predicted octanol–water partition coefficient (Wildman–Crippen LogP) is 4.78. The van der Waals surface area contributed by atoms with Gasteiger partial charge < -0.3 is 0 Å². The highest BCUT2D eigenvalue weighted by atomic mass is 32.1. The maximum Gasteiger partial charge on any atom is 0.0768 e. The smallest absolute Gasteiger partial charge is 0.0768 e. The van der Waals surface area contributed by atoms with E-state index in [0.29, 0.717) is 0 Å². The van der Waals surface area contributed by atoms with Gasteiger partial charge in [0.15, 0.2) is 0 Å². The fraction of sp³-hybridized carbons (Fsp3) is 0.417. The number of thiocarbonyl (C=S) groups is 1. The Balaban J connectivity index is 0. The molecular formula is C12H19NS. The number of hydrogen-bond acceptors (Lipinski definition) is 2. The molecule has 1 aromatic carbocycles. The van der Waals surface area contributed by atoms with Crippen LogP contribution in [0.15, 0.2) is 29.3 Å². The van der Waals surface area contributed by atoms with Gasteiger partial charge in [-0.15, -0.1) is 0 Å². The number of aliphatic imine (C=N–C) groups is 1. The van der Waals surface area contributed by atoms with Crippen LogP contribution in [0.5, 0.6) is 0 Å². The number of hydrogen-bond donors (Lipinski definition) is 0. The molecule has 0 unspecified atom stereocenters. The van der Waals surface area contributed by atoms with Crippen molar-refractivity contribution in [1.29, 1.82) is 0 Å². The Morgan fingerprint density at radius 2 is 1.57 bits per heavy atom. The average molecular weight is 209 g/mol. The second-order valence-corrected chi connectivity index (χ2v) is 2.17. The summed E-state index contributed by atoms with van der Waals surface area (Å²) in [6, 6.07) is 7.80. The van der Waals surface area contributed by atoms with Crippen LogP contribution < -0.4 is 0 Å². The van der Waals surface area contributed by atoms with Crippen LogP contribution in [0.25, 0.3) is 0 Å². The summed E-state index contributed by atoms with van der Waals surface area (Å²) in [5, 5.41) is 2.33. The molecule has 0 N–H and O–H groups in total. The van der Waals surface area contributed by atoms with Crippen LogP contribution in [0, 0.1) is 6.92 Å². The monoisotopic (exact) mass is 209 g/mol. The van der Waals surface area contributed by atoms with Gasteiger partial charge in [-0.3, -0.25) is 0 Å². The van der Waals surface area contributed by atoms with E-state index in [-0.39, 0.29) is 0 Å². The maximum absolute atomic E-state index is 4.48. The largest absolute Gasteiger partial charge is 0.194 e. The number of rotatable bonds is 1. The van der Waals surface area contributed by atoms with Crippen molar-refractivity contribution < 1.29 is 0 Å². The molecule has 0 aromatic heterocycles. The Morgan fingerprint density at radius 1 is 1.07 bits per heavy atom. The van der Waals surface area contributed by atoms with E-state index < -0.39 is 0 Å². The standard InChI is InChI=1S/C8H7NS.2C2H6/c1-7-4-2-3-5-8(7)9-6-10;2*1-2/h2-5H,1H3;2*1-2H3. The van der Waals surface area contributed by atoms with Crippen LogP contribution in [0.1, 0.15) is 33.3 Å². The fourth-order valence-corrected chi connectivity index (χ4v) is 0.836. The molecule has 0 saturated heterocycles. The molecule has 0 amide bonds. The van der Waals surface area contributed by atoms with E-state index in [1.54, 1.807) is 0 Å². The van der Waals surface area contributed by atoms with E-state index in [1.807, 2.05) is 58.9 Å². The molecule has 0 aliphatic carbocycles.